The Bertz CT molecular complexity index is 689. The van der Waals surface area contributed by atoms with Crippen LogP contribution in [-0.4, -0.2) is 35.4 Å². The molecule has 1 amide bonds. The molecule has 0 saturated carbocycles. The zero-order valence-electron chi connectivity index (χ0n) is 12.2. The molecule has 2 aromatic rings. The van der Waals surface area contributed by atoms with Crippen LogP contribution in [-0.2, 0) is 0 Å². The molecule has 112 valence electrons. The molecule has 0 aliphatic carbocycles. The van der Waals surface area contributed by atoms with Gasteiger partial charge in [-0.2, -0.15) is 0 Å². The van der Waals surface area contributed by atoms with Crippen molar-refractivity contribution in [2.24, 2.45) is 5.92 Å². The van der Waals surface area contributed by atoms with Crippen molar-refractivity contribution < 1.29 is 4.79 Å². The average Bonchev–Trinajstić information content (AvgIpc) is 3.23. The maximum Gasteiger partial charge on any atom is 0.282 e. The van der Waals surface area contributed by atoms with Gasteiger partial charge in [0, 0.05) is 36.6 Å². The number of likely N-dealkylation sites (tertiary alicyclic amines) is 1. The molecule has 0 bridgehead atoms. The standard InChI is InChI=1S/C17H17N3OS/c1-2-18-10-13-8-9-20(11-13)17(21)16-19-15(12-22-16)14-6-4-3-5-7-14/h1,3-7,12-13,18H,8-11H2/t13-/m1/s1. The normalized spacial score (nSPS) is 17.2. The summed E-state index contributed by atoms with van der Waals surface area (Å²) in [6, 6.07) is 12.3. The van der Waals surface area contributed by atoms with Gasteiger partial charge in [-0.15, -0.1) is 11.3 Å². The van der Waals surface area contributed by atoms with E-state index in [9.17, 15) is 4.79 Å². The molecule has 1 aromatic heterocycles. The second-order valence-electron chi connectivity index (χ2n) is 5.34. The van der Waals surface area contributed by atoms with E-state index >= 15 is 0 Å². The molecule has 0 unspecified atom stereocenters. The minimum Gasteiger partial charge on any atom is -0.346 e. The third-order valence-electron chi connectivity index (χ3n) is 3.82. The average molecular weight is 311 g/mol. The predicted molar refractivity (Wildman–Crippen MR) is 88.4 cm³/mol. The van der Waals surface area contributed by atoms with Gasteiger partial charge in [0.2, 0.25) is 0 Å². The summed E-state index contributed by atoms with van der Waals surface area (Å²) in [5, 5.41) is 5.39. The van der Waals surface area contributed by atoms with Gasteiger partial charge < -0.3 is 10.2 Å². The quantitative estimate of drug-likeness (QED) is 0.697. The van der Waals surface area contributed by atoms with Gasteiger partial charge in [-0.1, -0.05) is 36.8 Å². The van der Waals surface area contributed by atoms with Crippen LogP contribution in [0.2, 0.25) is 0 Å². The summed E-state index contributed by atoms with van der Waals surface area (Å²) in [5.41, 5.74) is 1.90. The highest BCUT2D eigenvalue weighted by molar-refractivity contribution is 7.12. The Hall–Kier alpha value is -2.32. The monoisotopic (exact) mass is 311 g/mol. The molecule has 4 nitrogen and oxygen atoms in total. The van der Waals surface area contributed by atoms with Crippen LogP contribution in [0.3, 0.4) is 0 Å². The second-order valence-corrected chi connectivity index (χ2v) is 6.19. The van der Waals surface area contributed by atoms with Crippen molar-refractivity contribution in [2.45, 2.75) is 6.42 Å². The predicted octanol–water partition coefficient (Wildman–Crippen LogP) is 2.45. The fourth-order valence-electron chi connectivity index (χ4n) is 2.64. The molecule has 0 radical (unpaired) electrons. The van der Waals surface area contributed by atoms with Crippen LogP contribution >= 0.6 is 11.3 Å². The van der Waals surface area contributed by atoms with Crippen LogP contribution in [0, 0.1) is 18.4 Å². The van der Waals surface area contributed by atoms with Gasteiger partial charge in [0.15, 0.2) is 5.01 Å². The summed E-state index contributed by atoms with van der Waals surface area (Å²) >= 11 is 1.41. The largest absolute Gasteiger partial charge is 0.346 e. The number of rotatable bonds is 4. The summed E-state index contributed by atoms with van der Waals surface area (Å²) < 4.78 is 0. The van der Waals surface area contributed by atoms with Crippen molar-refractivity contribution in [3.05, 3.63) is 40.7 Å². The molecular weight excluding hydrogens is 294 g/mol. The number of hydrogen-bond donors (Lipinski definition) is 1. The van der Waals surface area contributed by atoms with Gasteiger partial charge >= 0.3 is 0 Å². The van der Waals surface area contributed by atoms with Gasteiger partial charge in [-0.25, -0.2) is 4.98 Å². The van der Waals surface area contributed by atoms with E-state index < -0.39 is 0 Å². The van der Waals surface area contributed by atoms with Crippen LogP contribution in [0.15, 0.2) is 35.7 Å². The Labute approximate surface area is 134 Å². The number of hydrogen-bond acceptors (Lipinski definition) is 4. The Morgan fingerprint density at radius 3 is 3.05 bits per heavy atom. The van der Waals surface area contributed by atoms with Crippen molar-refractivity contribution in [3.63, 3.8) is 0 Å². The van der Waals surface area contributed by atoms with Gasteiger partial charge in [0.1, 0.15) is 0 Å². The highest BCUT2D eigenvalue weighted by Crippen LogP contribution is 2.24. The lowest BCUT2D eigenvalue weighted by Gasteiger charge is -2.14. The molecule has 1 atom stereocenters. The highest BCUT2D eigenvalue weighted by atomic mass is 32.1. The van der Waals surface area contributed by atoms with Gasteiger partial charge in [-0.05, 0) is 12.3 Å². The highest BCUT2D eigenvalue weighted by Gasteiger charge is 2.28. The van der Waals surface area contributed by atoms with Crippen molar-refractivity contribution in [2.75, 3.05) is 19.6 Å². The van der Waals surface area contributed by atoms with Gasteiger partial charge in [-0.3, -0.25) is 4.79 Å². The van der Waals surface area contributed by atoms with E-state index in [0.29, 0.717) is 10.9 Å². The lowest BCUT2D eigenvalue weighted by molar-refractivity contribution is 0.0787. The summed E-state index contributed by atoms with van der Waals surface area (Å²) in [5.74, 6) is 0.448. The number of thiazole rings is 1. The van der Waals surface area contributed by atoms with Crippen molar-refractivity contribution in [1.29, 1.82) is 0 Å². The van der Waals surface area contributed by atoms with E-state index in [2.05, 4.69) is 16.3 Å². The summed E-state index contributed by atoms with van der Waals surface area (Å²) in [7, 11) is 0. The third kappa shape index (κ3) is 3.12. The Kier molecular flexibility index (Phi) is 4.40. The molecule has 1 aliphatic rings. The van der Waals surface area contributed by atoms with Crippen molar-refractivity contribution in [3.8, 4) is 23.7 Å². The minimum absolute atomic E-state index is 0.0235. The number of terminal acetylenes is 1. The van der Waals surface area contributed by atoms with E-state index in [0.717, 1.165) is 37.3 Å². The van der Waals surface area contributed by atoms with E-state index in [1.807, 2.05) is 40.6 Å². The van der Waals surface area contributed by atoms with Crippen LogP contribution in [0.1, 0.15) is 16.2 Å². The van der Waals surface area contributed by atoms with Gasteiger partial charge in [0.25, 0.3) is 5.91 Å². The zero-order chi connectivity index (χ0) is 15.4. The first-order chi connectivity index (χ1) is 10.8. The number of aromatic nitrogens is 1. The molecule has 5 heteroatoms. The molecule has 1 fully saturated rings. The molecule has 1 aliphatic heterocycles. The van der Waals surface area contributed by atoms with Crippen LogP contribution in [0.25, 0.3) is 11.3 Å². The number of amides is 1. The van der Waals surface area contributed by atoms with Crippen LogP contribution in [0.5, 0.6) is 0 Å². The number of nitrogens with one attached hydrogen (secondary N) is 1. The zero-order valence-corrected chi connectivity index (χ0v) is 13.0. The maximum atomic E-state index is 12.5. The lowest BCUT2D eigenvalue weighted by Crippen LogP contribution is -2.30. The molecule has 22 heavy (non-hydrogen) atoms. The maximum absolute atomic E-state index is 12.5. The van der Waals surface area contributed by atoms with Crippen molar-refractivity contribution in [1.82, 2.24) is 15.2 Å². The summed E-state index contributed by atoms with van der Waals surface area (Å²) in [4.78, 5) is 18.9. The first-order valence-electron chi connectivity index (χ1n) is 7.26. The van der Waals surface area contributed by atoms with Crippen LogP contribution in [0.4, 0.5) is 0 Å². The fraction of sp³-hybridized carbons (Fsp3) is 0.294. The topological polar surface area (TPSA) is 45.2 Å². The smallest absolute Gasteiger partial charge is 0.282 e. The molecule has 0 spiro atoms. The Morgan fingerprint density at radius 2 is 2.27 bits per heavy atom. The molecule has 1 aromatic carbocycles. The van der Waals surface area contributed by atoms with E-state index in [-0.39, 0.29) is 5.91 Å². The number of nitrogens with zero attached hydrogens (tertiary/aromatic N) is 2. The van der Waals surface area contributed by atoms with E-state index in [1.165, 1.54) is 11.3 Å². The summed E-state index contributed by atoms with van der Waals surface area (Å²) in [6.07, 6.45) is 6.18. The lowest BCUT2D eigenvalue weighted by atomic mass is 10.1. The molecular formula is C17H17N3OS. The van der Waals surface area contributed by atoms with E-state index in [1.54, 1.807) is 0 Å². The minimum atomic E-state index is 0.0235. The molecule has 2 heterocycles. The molecule has 1 N–H and O–H groups in total. The van der Waals surface area contributed by atoms with Gasteiger partial charge in [0.05, 0.1) is 5.69 Å². The van der Waals surface area contributed by atoms with Crippen LogP contribution < -0.4 is 5.32 Å². The second kappa shape index (κ2) is 6.63. The first-order valence-corrected chi connectivity index (χ1v) is 8.14. The summed E-state index contributed by atoms with van der Waals surface area (Å²) in [6.45, 7) is 2.27. The number of carbonyl (C=O) groups is 1. The Morgan fingerprint density at radius 1 is 1.45 bits per heavy atom. The molecule has 1 saturated heterocycles. The van der Waals surface area contributed by atoms with Crippen molar-refractivity contribution >= 4 is 17.2 Å². The van der Waals surface area contributed by atoms with E-state index in [4.69, 9.17) is 6.42 Å². The third-order valence-corrected chi connectivity index (χ3v) is 4.65. The number of benzene rings is 1. The Balaban J connectivity index is 1.67. The fourth-order valence-corrected chi connectivity index (χ4v) is 3.43. The first kappa shape index (κ1) is 14.6. The SMILES string of the molecule is C#CNC[C@H]1CCN(C(=O)c2nc(-c3ccccc3)cs2)C1. The number of carbonyl (C=O) groups excluding carboxylic acids is 1. The molecule has 3 rings (SSSR count).